The van der Waals surface area contributed by atoms with Gasteiger partial charge in [0, 0.05) is 12.7 Å². The van der Waals surface area contributed by atoms with E-state index < -0.39 is 4.92 Å². The van der Waals surface area contributed by atoms with Crippen LogP contribution in [0, 0.1) is 22.4 Å². The topological polar surface area (TPSA) is 149 Å². The van der Waals surface area contributed by atoms with Gasteiger partial charge in [0.1, 0.15) is 12.7 Å². The summed E-state index contributed by atoms with van der Waals surface area (Å²) in [4.78, 5) is 17.6. The summed E-state index contributed by atoms with van der Waals surface area (Å²) in [7, 11) is 0. The Hall–Kier alpha value is -2.10. The maximum Gasteiger partial charge on any atom is 0.342 e. The number of thioether (sulfide) groups is 1. The largest absolute Gasteiger partial charge is 0.370 e. The second-order valence-electron chi connectivity index (χ2n) is 3.26. The molecule has 10 heteroatoms. The summed E-state index contributed by atoms with van der Waals surface area (Å²) in [5.74, 6) is 0.739. The molecule has 0 saturated carbocycles. The standard InChI is InChI=1S/C8H13N7O2S/c1-5-12-4-6(15(16)17)14(5)2-3-18-8(11)13-7(9)10/h4H,2-3H2,1H3,(H5,9,10,11,13). The van der Waals surface area contributed by atoms with Crippen molar-refractivity contribution in [3.8, 4) is 0 Å². The van der Waals surface area contributed by atoms with Crippen molar-refractivity contribution in [3.05, 3.63) is 22.1 Å². The van der Waals surface area contributed by atoms with E-state index in [1.165, 1.54) is 10.8 Å². The summed E-state index contributed by atoms with van der Waals surface area (Å²) in [6.07, 6.45) is 1.21. The van der Waals surface area contributed by atoms with Crippen LogP contribution < -0.4 is 11.5 Å². The van der Waals surface area contributed by atoms with Gasteiger partial charge in [0.2, 0.25) is 0 Å². The Morgan fingerprint density at radius 1 is 1.72 bits per heavy atom. The van der Waals surface area contributed by atoms with Crippen LogP contribution in [0.2, 0.25) is 0 Å². The van der Waals surface area contributed by atoms with Gasteiger partial charge in [-0.2, -0.15) is 4.99 Å². The summed E-state index contributed by atoms with van der Waals surface area (Å²) in [5, 5.41) is 18.1. The number of nitrogens with zero attached hydrogens (tertiary/aromatic N) is 4. The highest BCUT2D eigenvalue weighted by Crippen LogP contribution is 2.15. The van der Waals surface area contributed by atoms with E-state index in [1.54, 1.807) is 6.92 Å². The predicted octanol–water partition coefficient (Wildman–Crippen LogP) is 0.0411. The Morgan fingerprint density at radius 3 is 2.94 bits per heavy atom. The second-order valence-corrected chi connectivity index (χ2v) is 4.35. The van der Waals surface area contributed by atoms with Crippen molar-refractivity contribution in [2.75, 3.05) is 5.75 Å². The fourth-order valence-electron chi connectivity index (χ4n) is 1.26. The van der Waals surface area contributed by atoms with E-state index >= 15 is 0 Å². The van der Waals surface area contributed by atoms with Crippen LogP contribution in [0.4, 0.5) is 5.82 Å². The number of amidine groups is 1. The van der Waals surface area contributed by atoms with Crippen molar-refractivity contribution in [1.82, 2.24) is 9.55 Å². The van der Waals surface area contributed by atoms with Gasteiger partial charge >= 0.3 is 5.82 Å². The maximum absolute atomic E-state index is 10.7. The molecule has 0 unspecified atom stereocenters. The van der Waals surface area contributed by atoms with E-state index in [4.69, 9.17) is 16.9 Å². The van der Waals surface area contributed by atoms with Gasteiger partial charge in [0.15, 0.2) is 17.0 Å². The number of aryl methyl sites for hydroxylation is 1. The molecule has 0 radical (unpaired) electrons. The molecule has 1 aromatic heterocycles. The average Bonchev–Trinajstić information content (AvgIpc) is 2.59. The number of imidazole rings is 1. The van der Waals surface area contributed by atoms with E-state index in [1.807, 2.05) is 0 Å². The Morgan fingerprint density at radius 2 is 2.39 bits per heavy atom. The molecule has 0 saturated heterocycles. The lowest BCUT2D eigenvalue weighted by atomic mass is 10.6. The summed E-state index contributed by atoms with van der Waals surface area (Å²) >= 11 is 1.10. The molecular formula is C8H13N7O2S. The zero-order chi connectivity index (χ0) is 13.7. The van der Waals surface area contributed by atoms with Gasteiger partial charge in [0.05, 0.1) is 0 Å². The van der Waals surface area contributed by atoms with Gasteiger partial charge in [-0.25, -0.2) is 9.55 Å². The van der Waals surface area contributed by atoms with Crippen LogP contribution >= 0.6 is 11.8 Å². The first kappa shape index (κ1) is 14.0. The van der Waals surface area contributed by atoms with Crippen LogP contribution in [-0.4, -0.2) is 31.4 Å². The third-order valence-electron chi connectivity index (χ3n) is 2.01. The molecule has 9 nitrogen and oxygen atoms in total. The highest BCUT2D eigenvalue weighted by atomic mass is 32.2. The van der Waals surface area contributed by atoms with Crippen LogP contribution in [-0.2, 0) is 6.54 Å². The molecule has 0 bridgehead atoms. The highest BCUT2D eigenvalue weighted by molar-refractivity contribution is 8.13. The Balaban J connectivity index is 2.59. The molecule has 1 heterocycles. The minimum absolute atomic E-state index is 0.0320. The van der Waals surface area contributed by atoms with Gasteiger partial charge < -0.3 is 21.6 Å². The Labute approximate surface area is 107 Å². The highest BCUT2D eigenvalue weighted by Gasteiger charge is 2.16. The van der Waals surface area contributed by atoms with E-state index in [9.17, 15) is 10.1 Å². The molecule has 1 rings (SSSR count). The molecule has 1 aromatic rings. The van der Waals surface area contributed by atoms with Crippen LogP contribution in [0.15, 0.2) is 11.2 Å². The molecule has 0 atom stereocenters. The molecule has 0 aromatic carbocycles. The Kier molecular flexibility index (Phi) is 4.66. The minimum Gasteiger partial charge on any atom is -0.370 e. The van der Waals surface area contributed by atoms with Crippen molar-refractivity contribution in [3.63, 3.8) is 0 Å². The van der Waals surface area contributed by atoms with Crippen LogP contribution in [0.25, 0.3) is 0 Å². The monoisotopic (exact) mass is 271 g/mol. The van der Waals surface area contributed by atoms with Crippen LogP contribution in [0.5, 0.6) is 0 Å². The fourth-order valence-corrected chi connectivity index (χ4v) is 1.90. The van der Waals surface area contributed by atoms with Gasteiger partial charge in [-0.05, 0) is 4.92 Å². The van der Waals surface area contributed by atoms with E-state index in [2.05, 4.69) is 9.98 Å². The molecule has 0 spiro atoms. The normalized spacial score (nSPS) is 10.1. The average molecular weight is 271 g/mol. The summed E-state index contributed by atoms with van der Waals surface area (Å²) in [5.41, 5.74) is 10.2. The molecule has 0 aliphatic rings. The van der Waals surface area contributed by atoms with Crippen molar-refractivity contribution in [1.29, 1.82) is 5.41 Å². The zero-order valence-corrected chi connectivity index (χ0v) is 10.5. The van der Waals surface area contributed by atoms with Gasteiger partial charge in [-0.1, -0.05) is 11.8 Å². The number of nitrogens with two attached hydrogens (primary N) is 2. The first-order chi connectivity index (χ1) is 8.41. The van der Waals surface area contributed by atoms with E-state index in [0.29, 0.717) is 18.1 Å². The maximum atomic E-state index is 10.7. The molecule has 5 N–H and O–H groups in total. The zero-order valence-electron chi connectivity index (χ0n) is 9.66. The van der Waals surface area contributed by atoms with Crippen LogP contribution in [0.3, 0.4) is 0 Å². The van der Waals surface area contributed by atoms with Gasteiger partial charge in [-0.15, -0.1) is 0 Å². The number of aromatic nitrogens is 2. The minimum atomic E-state index is -0.494. The number of nitrogens with one attached hydrogen (secondary N) is 1. The molecule has 0 aliphatic heterocycles. The van der Waals surface area contributed by atoms with E-state index in [0.717, 1.165) is 11.8 Å². The smallest absolute Gasteiger partial charge is 0.342 e. The molecule has 0 amide bonds. The quantitative estimate of drug-likeness (QED) is 0.304. The second kappa shape index (κ2) is 6.00. The van der Waals surface area contributed by atoms with Gasteiger partial charge in [-0.3, -0.25) is 5.41 Å². The molecule has 98 valence electrons. The van der Waals surface area contributed by atoms with Gasteiger partial charge in [0.25, 0.3) is 0 Å². The predicted molar refractivity (Wildman–Crippen MR) is 69.6 cm³/mol. The third-order valence-corrected chi connectivity index (χ3v) is 2.76. The number of aliphatic imine (C=N–C) groups is 1. The first-order valence-electron chi connectivity index (χ1n) is 4.89. The lowest BCUT2D eigenvalue weighted by molar-refractivity contribution is -0.392. The molecule has 0 aliphatic carbocycles. The molecular weight excluding hydrogens is 258 g/mol. The number of hydrogen-bond acceptors (Lipinski definition) is 5. The lowest BCUT2D eigenvalue weighted by Gasteiger charge is -2.02. The molecule has 0 fully saturated rings. The SMILES string of the molecule is Cc1ncc([N+](=O)[O-])n1CCSC(=N)N=C(N)N. The van der Waals surface area contributed by atoms with Crippen molar-refractivity contribution in [2.45, 2.75) is 13.5 Å². The lowest BCUT2D eigenvalue weighted by Crippen LogP contribution is -2.23. The van der Waals surface area contributed by atoms with Crippen molar-refractivity contribution < 1.29 is 4.92 Å². The molecule has 18 heavy (non-hydrogen) atoms. The third kappa shape index (κ3) is 3.73. The Bertz CT molecular complexity index is 492. The fraction of sp³-hybridized carbons (Fsp3) is 0.375. The van der Waals surface area contributed by atoms with Crippen LogP contribution in [0.1, 0.15) is 5.82 Å². The van der Waals surface area contributed by atoms with Crippen molar-refractivity contribution in [2.24, 2.45) is 16.5 Å². The first-order valence-corrected chi connectivity index (χ1v) is 5.88. The summed E-state index contributed by atoms with van der Waals surface area (Å²) in [6.45, 7) is 2.04. The van der Waals surface area contributed by atoms with E-state index in [-0.39, 0.29) is 16.9 Å². The number of hydrogen-bond donors (Lipinski definition) is 3. The summed E-state index contributed by atoms with van der Waals surface area (Å²) < 4.78 is 1.47. The number of rotatable bonds is 4. The summed E-state index contributed by atoms with van der Waals surface area (Å²) in [6, 6.07) is 0. The number of nitro groups is 1. The number of guanidine groups is 1. The van der Waals surface area contributed by atoms with Crippen molar-refractivity contribution >= 4 is 28.7 Å².